The lowest BCUT2D eigenvalue weighted by Crippen LogP contribution is -2.48. The Morgan fingerprint density at radius 3 is 2.84 bits per heavy atom. The molecule has 1 saturated heterocycles. The molecule has 1 fully saturated rings. The zero-order valence-electron chi connectivity index (χ0n) is 20.8. The van der Waals surface area contributed by atoms with E-state index < -0.39 is 11.6 Å². The van der Waals surface area contributed by atoms with Crippen LogP contribution in [0.4, 0.5) is 5.69 Å². The van der Waals surface area contributed by atoms with E-state index in [0.717, 1.165) is 28.2 Å². The van der Waals surface area contributed by atoms with Crippen molar-refractivity contribution in [1.82, 2.24) is 15.3 Å². The van der Waals surface area contributed by atoms with Crippen LogP contribution in [0.2, 0.25) is 0 Å². The van der Waals surface area contributed by atoms with Crippen LogP contribution in [0.15, 0.2) is 54.7 Å². The number of likely N-dealkylation sites (N-methyl/N-ethyl adjacent to an activating group) is 1. The summed E-state index contributed by atoms with van der Waals surface area (Å²) in [7, 11) is 1.70. The Morgan fingerprint density at radius 2 is 2.08 bits per heavy atom. The van der Waals surface area contributed by atoms with Gasteiger partial charge in [-0.05, 0) is 67.3 Å². The zero-order valence-corrected chi connectivity index (χ0v) is 20.8. The first kappa shape index (κ1) is 24.6. The van der Waals surface area contributed by atoms with Crippen LogP contribution in [-0.4, -0.2) is 58.8 Å². The van der Waals surface area contributed by atoms with E-state index in [1.165, 1.54) is 0 Å². The van der Waals surface area contributed by atoms with Gasteiger partial charge in [0.15, 0.2) is 5.60 Å². The van der Waals surface area contributed by atoms with Gasteiger partial charge >= 0.3 is 0 Å². The topological polar surface area (TPSA) is 105 Å². The summed E-state index contributed by atoms with van der Waals surface area (Å²) in [6, 6.07) is 14.4. The number of anilines is 1. The highest BCUT2D eigenvalue weighted by Gasteiger charge is 2.34. The number of ether oxygens (including phenoxy) is 1. The van der Waals surface area contributed by atoms with Gasteiger partial charge in [-0.3, -0.25) is 19.6 Å². The van der Waals surface area contributed by atoms with Crippen LogP contribution in [-0.2, 0) is 22.4 Å². The summed E-state index contributed by atoms with van der Waals surface area (Å²) in [6.45, 7) is 2.34. The molecule has 188 valence electrons. The van der Waals surface area contributed by atoms with Crippen LogP contribution in [0.1, 0.15) is 45.0 Å². The first-order valence-corrected chi connectivity index (χ1v) is 12.2. The fourth-order valence-electron chi connectivity index (χ4n) is 4.48. The van der Waals surface area contributed by atoms with E-state index >= 15 is 0 Å². The normalized spacial score (nSPS) is 18.1. The standard InChI is InChI=1S/C29H28N4O4/c1-19-4-3-5-23(31-19)14-21-11-13-30-25(15-21)27(34)32-24-9-8-22-7-6-20(10-12-29(36)17-37-18-29)16-26(22)33(2)28(24)35/h3-7,11,13,15-16,24,36H,8-9,14,17-18H2,1-2H3,(H,32,34)/t24-/m0/s1. The molecule has 2 aliphatic rings. The summed E-state index contributed by atoms with van der Waals surface area (Å²) >= 11 is 0. The third-order valence-corrected chi connectivity index (χ3v) is 6.59. The number of carbonyl (C=O) groups excluding carboxylic acids is 2. The Kier molecular flexibility index (Phi) is 6.74. The zero-order chi connectivity index (χ0) is 26.0. The number of aryl methyl sites for hydroxylation is 2. The van der Waals surface area contributed by atoms with E-state index in [1.54, 1.807) is 24.2 Å². The number of carbonyl (C=O) groups is 2. The van der Waals surface area contributed by atoms with Gasteiger partial charge in [0.2, 0.25) is 5.91 Å². The van der Waals surface area contributed by atoms with Gasteiger partial charge in [0.1, 0.15) is 11.7 Å². The minimum Gasteiger partial charge on any atom is -0.373 e. The smallest absolute Gasteiger partial charge is 0.270 e. The van der Waals surface area contributed by atoms with E-state index in [2.05, 4.69) is 27.1 Å². The summed E-state index contributed by atoms with van der Waals surface area (Å²) in [4.78, 5) is 36.7. The molecule has 1 aromatic carbocycles. The molecule has 0 radical (unpaired) electrons. The molecule has 3 aromatic rings. The Labute approximate surface area is 215 Å². The molecule has 37 heavy (non-hydrogen) atoms. The van der Waals surface area contributed by atoms with Crippen molar-refractivity contribution < 1.29 is 19.4 Å². The van der Waals surface area contributed by atoms with Gasteiger partial charge in [-0.1, -0.05) is 24.0 Å². The summed E-state index contributed by atoms with van der Waals surface area (Å²) in [5, 5.41) is 13.0. The number of hydrogen-bond donors (Lipinski definition) is 2. The average Bonchev–Trinajstić information content (AvgIpc) is 2.98. The van der Waals surface area contributed by atoms with Gasteiger partial charge in [0.25, 0.3) is 5.91 Å². The van der Waals surface area contributed by atoms with Crippen LogP contribution < -0.4 is 10.2 Å². The van der Waals surface area contributed by atoms with Gasteiger partial charge in [-0.2, -0.15) is 0 Å². The summed E-state index contributed by atoms with van der Waals surface area (Å²) in [5.41, 5.74) is 4.36. The molecule has 5 rings (SSSR count). The monoisotopic (exact) mass is 496 g/mol. The fourth-order valence-corrected chi connectivity index (χ4v) is 4.48. The predicted molar refractivity (Wildman–Crippen MR) is 138 cm³/mol. The average molecular weight is 497 g/mol. The molecular weight excluding hydrogens is 468 g/mol. The quantitative estimate of drug-likeness (QED) is 0.537. The number of rotatable bonds is 4. The van der Waals surface area contributed by atoms with E-state index in [-0.39, 0.29) is 30.7 Å². The Balaban J connectivity index is 1.29. The highest BCUT2D eigenvalue weighted by molar-refractivity contribution is 6.02. The number of pyridine rings is 2. The van der Waals surface area contributed by atoms with Crippen LogP contribution >= 0.6 is 0 Å². The lowest BCUT2D eigenvalue weighted by molar-refractivity contribution is -0.140. The van der Waals surface area contributed by atoms with Crippen molar-refractivity contribution in [3.8, 4) is 11.8 Å². The second kappa shape index (κ2) is 10.1. The number of aromatic nitrogens is 2. The second-order valence-electron chi connectivity index (χ2n) is 9.58. The number of hydrogen-bond acceptors (Lipinski definition) is 6. The molecule has 0 unspecified atom stereocenters. The number of nitrogens with one attached hydrogen (secondary N) is 1. The van der Waals surface area contributed by atoms with Crippen molar-refractivity contribution in [2.24, 2.45) is 0 Å². The minimum absolute atomic E-state index is 0.200. The van der Waals surface area contributed by atoms with Crippen molar-refractivity contribution in [2.45, 2.75) is 37.8 Å². The summed E-state index contributed by atoms with van der Waals surface area (Å²) in [5.74, 6) is 5.23. The van der Waals surface area contributed by atoms with Crippen LogP contribution in [0.25, 0.3) is 0 Å². The van der Waals surface area contributed by atoms with Crippen LogP contribution in [0.5, 0.6) is 0 Å². The molecule has 2 aromatic heterocycles. The lowest BCUT2D eigenvalue weighted by Gasteiger charge is -2.30. The first-order chi connectivity index (χ1) is 17.8. The Bertz CT molecular complexity index is 1420. The summed E-state index contributed by atoms with van der Waals surface area (Å²) in [6.07, 6.45) is 3.28. The maximum absolute atomic E-state index is 13.3. The SMILES string of the molecule is Cc1cccc(Cc2ccnc(C(=O)N[C@H]3CCc4ccc(C#CC5(O)COC5)cc4N(C)C3=O)c2)n1. The van der Waals surface area contributed by atoms with Crippen molar-refractivity contribution >= 4 is 17.5 Å². The van der Waals surface area contributed by atoms with Crippen molar-refractivity contribution in [3.05, 3.63) is 88.5 Å². The van der Waals surface area contributed by atoms with Gasteiger partial charge in [-0.15, -0.1) is 0 Å². The molecular formula is C29H28N4O4. The maximum atomic E-state index is 13.3. The third kappa shape index (κ3) is 5.53. The number of aliphatic hydroxyl groups is 1. The van der Waals surface area contributed by atoms with Gasteiger partial charge < -0.3 is 20.1 Å². The number of amides is 2. The number of fused-ring (bicyclic) bond motifs is 1. The van der Waals surface area contributed by atoms with Gasteiger partial charge in [0.05, 0.1) is 13.2 Å². The molecule has 8 heteroatoms. The predicted octanol–water partition coefficient (Wildman–Crippen LogP) is 2.20. The van der Waals surface area contributed by atoms with Crippen LogP contribution in [0.3, 0.4) is 0 Å². The molecule has 0 spiro atoms. The molecule has 0 bridgehead atoms. The molecule has 4 heterocycles. The molecule has 0 aliphatic carbocycles. The minimum atomic E-state index is -1.11. The maximum Gasteiger partial charge on any atom is 0.270 e. The Hall–Kier alpha value is -4.06. The van der Waals surface area contributed by atoms with E-state index in [4.69, 9.17) is 4.74 Å². The molecule has 8 nitrogen and oxygen atoms in total. The third-order valence-electron chi connectivity index (χ3n) is 6.59. The summed E-state index contributed by atoms with van der Waals surface area (Å²) < 4.78 is 5.03. The van der Waals surface area contributed by atoms with E-state index in [0.29, 0.717) is 24.8 Å². The van der Waals surface area contributed by atoms with E-state index in [1.807, 2.05) is 49.4 Å². The highest BCUT2D eigenvalue weighted by atomic mass is 16.5. The Morgan fingerprint density at radius 1 is 1.24 bits per heavy atom. The van der Waals surface area contributed by atoms with Gasteiger partial charge in [-0.25, -0.2) is 0 Å². The van der Waals surface area contributed by atoms with Crippen molar-refractivity contribution in [2.75, 3.05) is 25.2 Å². The lowest BCUT2D eigenvalue weighted by atomic mass is 10.0. The molecule has 0 saturated carbocycles. The van der Waals surface area contributed by atoms with Crippen molar-refractivity contribution in [1.29, 1.82) is 0 Å². The first-order valence-electron chi connectivity index (χ1n) is 12.2. The highest BCUT2D eigenvalue weighted by Crippen LogP contribution is 2.27. The second-order valence-corrected chi connectivity index (χ2v) is 9.58. The van der Waals surface area contributed by atoms with E-state index in [9.17, 15) is 14.7 Å². The largest absolute Gasteiger partial charge is 0.373 e. The molecule has 1 atom stereocenters. The van der Waals surface area contributed by atoms with Crippen LogP contribution in [0, 0.1) is 18.8 Å². The van der Waals surface area contributed by atoms with Crippen molar-refractivity contribution in [3.63, 3.8) is 0 Å². The van der Waals surface area contributed by atoms with Gasteiger partial charge in [0, 0.05) is 42.3 Å². The fraction of sp³-hybridized carbons (Fsp3) is 0.310. The molecule has 2 N–H and O–H groups in total. The number of nitrogens with zero attached hydrogens (tertiary/aromatic N) is 3. The molecule has 2 amide bonds. The number of benzene rings is 1. The molecule has 2 aliphatic heterocycles.